The first-order valence-electron chi connectivity index (χ1n) is 22.6. The quantitative estimate of drug-likeness (QED) is 0.149. The van der Waals surface area contributed by atoms with Gasteiger partial charge in [-0.05, 0) is 27.7 Å². The summed E-state index contributed by atoms with van der Waals surface area (Å²) in [7, 11) is 0. The van der Waals surface area contributed by atoms with Crippen LogP contribution >= 0.6 is 0 Å². The van der Waals surface area contributed by atoms with E-state index in [2.05, 4.69) is 225 Å². The third kappa shape index (κ3) is 7.50. The molecule has 2 aliphatic heterocycles. The summed E-state index contributed by atoms with van der Waals surface area (Å²) in [6, 6.07) is 62.1. The molecule has 0 atom stereocenters. The predicted octanol–water partition coefficient (Wildman–Crippen LogP) is 13.9. The minimum atomic E-state index is -0.333. The number of imidazole rings is 1. The van der Waals surface area contributed by atoms with Crippen molar-refractivity contribution in [3.63, 3.8) is 0 Å². The summed E-state index contributed by atoms with van der Waals surface area (Å²) in [6.45, 7) is 11.4. The predicted molar refractivity (Wildman–Crippen MR) is 260 cm³/mol. The van der Waals surface area contributed by atoms with Crippen LogP contribution in [0.15, 0.2) is 164 Å². The summed E-state index contributed by atoms with van der Waals surface area (Å²) in [6.07, 6.45) is 8.27. The van der Waals surface area contributed by atoms with Crippen molar-refractivity contribution in [3.05, 3.63) is 219 Å². The second-order valence-electron chi connectivity index (χ2n) is 19.0. The van der Waals surface area contributed by atoms with E-state index >= 15 is 0 Å². The van der Waals surface area contributed by atoms with Crippen molar-refractivity contribution < 1.29 is 24.1 Å². The zero-order valence-corrected chi connectivity index (χ0v) is 39.7. The molecule has 4 aliphatic rings. The van der Waals surface area contributed by atoms with E-state index < -0.39 is 0 Å². The summed E-state index contributed by atoms with van der Waals surface area (Å²) in [5.74, 6) is 2.07. The molecule has 0 N–H and O–H groups in total. The van der Waals surface area contributed by atoms with Gasteiger partial charge in [-0.2, -0.15) is 0 Å². The van der Waals surface area contributed by atoms with Crippen LogP contribution in [-0.2, 0) is 55.9 Å². The van der Waals surface area contributed by atoms with Gasteiger partial charge < -0.3 is 0 Å². The average molecular weight is 1030 g/mol. The molecule has 0 radical (unpaired) electrons. The number of hydrogen-bond donors (Lipinski definition) is 0. The number of rotatable bonds is 7. The molecule has 0 saturated carbocycles. The number of hydrogen-bond acceptors (Lipinski definition) is 2. The molecule has 5 nitrogen and oxygen atoms in total. The summed E-state index contributed by atoms with van der Waals surface area (Å²) in [5, 5.41) is 2.22. The van der Waals surface area contributed by atoms with E-state index in [0.29, 0.717) is 11.5 Å². The molecule has 10 aromatic rings. The third-order valence-electron chi connectivity index (χ3n) is 13.5. The van der Waals surface area contributed by atoms with Gasteiger partial charge in [-0.15, -0.1) is 0 Å². The van der Waals surface area contributed by atoms with Gasteiger partial charge in [-0.3, -0.25) is 0 Å². The Morgan fingerprint density at radius 2 is 1.34 bits per heavy atom. The summed E-state index contributed by atoms with van der Waals surface area (Å²) >= 11 is 2.47. The monoisotopic (exact) mass is 1030 g/mol. The maximum absolute atomic E-state index is 6.70. The second-order valence-corrected chi connectivity index (χ2v) is 20.0. The molecule has 65 heavy (non-hydrogen) atoms. The van der Waals surface area contributed by atoms with Crippen LogP contribution < -0.4 is 4.74 Å². The summed E-state index contributed by atoms with van der Waals surface area (Å²) in [4.78, 5) is 5.26. The van der Waals surface area contributed by atoms with Gasteiger partial charge in [0.25, 0.3) is 0 Å². The Balaban J connectivity index is 0.991. The number of fused-ring (bicyclic) bond motifs is 3. The minimum absolute atomic E-state index is 0.0616. The molecule has 0 saturated heterocycles. The SMILES string of the molecule is CC(C)(C)c1ccc(-c2cnc(-n3c4[c-]c(Oc5[c-]c(-n6cc7c8ccc(n7[c]6=[Pt])CCc6ccc(cc6)CC8)ccc5)ccc4c4ccccc43)cc2C(C)(C)c2ccccc2)cc1. The van der Waals surface area contributed by atoms with Crippen molar-refractivity contribution in [1.82, 2.24) is 18.5 Å². The summed E-state index contributed by atoms with van der Waals surface area (Å²) < 4.78 is 14.7. The van der Waals surface area contributed by atoms with Crippen LogP contribution in [0.4, 0.5) is 0 Å². The number of aromatic nitrogens is 4. The van der Waals surface area contributed by atoms with Gasteiger partial charge in [0, 0.05) is 17.2 Å². The Morgan fingerprint density at radius 1 is 0.615 bits per heavy atom. The molecule has 6 aromatic carbocycles. The molecule has 0 unspecified atom stereocenters. The van der Waals surface area contributed by atoms with E-state index in [1.54, 1.807) is 0 Å². The molecule has 0 spiro atoms. The van der Waals surface area contributed by atoms with E-state index in [9.17, 15) is 0 Å². The Labute approximate surface area is 392 Å². The van der Waals surface area contributed by atoms with Crippen LogP contribution in [0.1, 0.15) is 73.7 Å². The standard InChI is InChI=1S/C59H50N4O.Pt/c1-58(2,3)44-28-25-42(26-29-44)52-37-60-57(36-53(52)59(4,5)45-12-7-6-8-13-45)63-54-17-10-9-16-50(54)51-33-32-49(35-55(51)63)64-48-15-11-14-47(34-48)61-38-56-43-24-22-40-18-20-41(21-19-40)23-30-46(31-27-43)62(56)39-61;/h6-21,25-29,31-33,36-38H,22-24,30H2,1-5H3;/q-2;. The van der Waals surface area contributed by atoms with E-state index in [1.165, 1.54) is 44.6 Å². The molecule has 14 rings (SSSR count). The van der Waals surface area contributed by atoms with Crippen LogP contribution in [-0.4, -0.2) is 18.5 Å². The van der Waals surface area contributed by atoms with E-state index in [4.69, 9.17) is 9.72 Å². The average Bonchev–Trinajstić information content (AvgIpc) is 3.84. The van der Waals surface area contributed by atoms with E-state index in [-0.39, 0.29) is 10.8 Å². The van der Waals surface area contributed by atoms with Crippen LogP contribution in [0.5, 0.6) is 11.5 Å². The number of nitrogens with zero attached hydrogens (tertiary/aromatic N) is 4. The molecule has 6 heterocycles. The van der Waals surface area contributed by atoms with E-state index in [1.807, 2.05) is 18.2 Å². The van der Waals surface area contributed by atoms with Crippen LogP contribution in [0.25, 0.3) is 50.0 Å². The number of pyridine rings is 2. The fraction of sp³-hybridized carbons (Fsp3) is 0.186. The summed E-state index contributed by atoms with van der Waals surface area (Å²) in [5.41, 5.74) is 15.3. The molecule has 6 heteroatoms. The number of benzene rings is 6. The van der Waals surface area contributed by atoms with Crippen molar-refractivity contribution >= 4 is 27.3 Å². The normalized spacial score (nSPS) is 13.2. The maximum atomic E-state index is 6.70. The van der Waals surface area contributed by atoms with Gasteiger partial charge in [-0.25, -0.2) is 0 Å². The fourth-order valence-electron chi connectivity index (χ4n) is 9.67. The Hall–Kier alpha value is -6.55. The van der Waals surface area contributed by atoms with Gasteiger partial charge in [0.05, 0.1) is 0 Å². The van der Waals surface area contributed by atoms with Crippen molar-refractivity contribution in [2.24, 2.45) is 0 Å². The van der Waals surface area contributed by atoms with Crippen molar-refractivity contribution in [3.8, 4) is 34.1 Å². The topological polar surface area (TPSA) is 36.4 Å². The van der Waals surface area contributed by atoms with Crippen molar-refractivity contribution in [2.75, 3.05) is 0 Å². The number of aryl methyl sites for hydroxylation is 4. The van der Waals surface area contributed by atoms with Crippen LogP contribution in [0.2, 0.25) is 0 Å². The Bertz CT molecular complexity index is 3480. The van der Waals surface area contributed by atoms with Crippen molar-refractivity contribution in [1.29, 1.82) is 0 Å². The molecule has 0 fully saturated rings. The number of para-hydroxylation sites is 1. The van der Waals surface area contributed by atoms with Gasteiger partial charge in [0.2, 0.25) is 0 Å². The smallest absolute Gasteiger partial charge is 0.0622 e. The fourth-order valence-corrected chi connectivity index (χ4v) is 10.7. The first-order valence-corrected chi connectivity index (χ1v) is 23.7. The Morgan fingerprint density at radius 3 is 2.11 bits per heavy atom. The first-order chi connectivity index (χ1) is 31.5. The zero-order valence-electron chi connectivity index (χ0n) is 37.4. The van der Waals surface area contributed by atoms with Gasteiger partial charge in [0.1, 0.15) is 0 Å². The minimum Gasteiger partial charge on any atom is -0.0622 e. The van der Waals surface area contributed by atoms with Gasteiger partial charge in [-0.1, -0.05) is 101 Å². The Kier molecular flexibility index (Phi) is 10.2. The van der Waals surface area contributed by atoms with Crippen LogP contribution in [0, 0.1) is 15.9 Å². The first kappa shape index (κ1) is 41.2. The van der Waals surface area contributed by atoms with E-state index in [0.717, 1.165) is 73.9 Å². The van der Waals surface area contributed by atoms with Crippen LogP contribution in [0.3, 0.4) is 0 Å². The number of ether oxygens (including phenoxy) is 1. The molecule has 324 valence electrons. The molecular weight excluding hydrogens is 976 g/mol. The van der Waals surface area contributed by atoms with Gasteiger partial charge in [0.15, 0.2) is 0 Å². The molecule has 0 amide bonds. The third-order valence-corrected chi connectivity index (χ3v) is 14.5. The molecule has 4 aromatic heterocycles. The second kappa shape index (κ2) is 16.2. The molecular formula is C59H50N4OPt-2. The molecule has 4 bridgehead atoms. The molecule has 2 aliphatic carbocycles. The zero-order chi connectivity index (χ0) is 44.5. The van der Waals surface area contributed by atoms with Gasteiger partial charge >= 0.3 is 248 Å². The van der Waals surface area contributed by atoms with Crippen molar-refractivity contribution in [2.45, 2.75) is 71.1 Å².